The Kier molecular flexibility index (Phi) is 12.6. The quantitative estimate of drug-likeness (QED) is 0.346. The number of carbonyl (C=O) groups excluding carboxylic acids is 2. The van der Waals surface area contributed by atoms with E-state index in [1.54, 1.807) is 13.2 Å². The van der Waals surface area contributed by atoms with Gasteiger partial charge in [-0.05, 0) is 85.2 Å². The first-order valence-corrected chi connectivity index (χ1v) is 15.6. The molecule has 1 N–H and O–H groups in total. The number of amides is 1. The van der Waals surface area contributed by atoms with E-state index in [-0.39, 0.29) is 17.7 Å². The van der Waals surface area contributed by atoms with Crippen LogP contribution in [0.1, 0.15) is 119 Å². The molecule has 1 aliphatic heterocycles. The molecule has 10 heteroatoms. The second kappa shape index (κ2) is 14.9. The lowest BCUT2D eigenvalue weighted by atomic mass is 9.76. The highest BCUT2D eigenvalue weighted by atomic mass is 16.7. The number of aromatic nitrogens is 2. The molecule has 9 nitrogen and oxygen atoms in total. The second-order valence-electron chi connectivity index (χ2n) is 13.2. The van der Waals surface area contributed by atoms with Crippen molar-refractivity contribution in [1.29, 1.82) is 0 Å². The molecule has 2 aromatic rings. The topological polar surface area (TPSA) is 101 Å². The first-order chi connectivity index (χ1) is 20.0. The van der Waals surface area contributed by atoms with E-state index < -0.39 is 35.9 Å². The van der Waals surface area contributed by atoms with Crippen molar-refractivity contribution in [3.8, 4) is 0 Å². The number of rotatable bonds is 7. The monoisotopic (exact) mass is 599 g/mol. The van der Waals surface area contributed by atoms with Crippen molar-refractivity contribution in [2.24, 2.45) is 5.92 Å². The van der Waals surface area contributed by atoms with Crippen LogP contribution >= 0.6 is 0 Å². The van der Waals surface area contributed by atoms with Gasteiger partial charge in [-0.25, -0.2) is 4.79 Å². The Labute approximate surface area is 259 Å². The number of hydrogen-bond acceptors (Lipinski definition) is 7. The van der Waals surface area contributed by atoms with E-state index >= 15 is 0 Å². The lowest BCUT2D eigenvalue weighted by Crippen LogP contribution is -2.41. The fraction of sp³-hybridized carbons (Fsp3) is 0.667. The lowest BCUT2D eigenvalue weighted by Gasteiger charge is -2.32. The minimum Gasteiger partial charge on any atom is -0.442 e. The Balaban J connectivity index is 0.000000993. The zero-order chi connectivity index (χ0) is 32.8. The summed E-state index contributed by atoms with van der Waals surface area (Å²) in [6, 6.07) is 9.62. The molecule has 43 heavy (non-hydrogen) atoms. The van der Waals surface area contributed by atoms with Crippen LogP contribution in [0.2, 0.25) is 0 Å². The highest BCUT2D eigenvalue weighted by molar-refractivity contribution is 6.62. The maximum Gasteiger partial charge on any atom is 0.494 e. The molecule has 1 atom stereocenters. The van der Waals surface area contributed by atoms with E-state index in [4.69, 9.17) is 14.0 Å². The van der Waals surface area contributed by atoms with Crippen molar-refractivity contribution in [2.45, 2.75) is 125 Å². The molecule has 1 unspecified atom stereocenters. The van der Waals surface area contributed by atoms with Crippen LogP contribution in [0.3, 0.4) is 0 Å². The largest absolute Gasteiger partial charge is 0.494 e. The summed E-state index contributed by atoms with van der Waals surface area (Å²) in [5.74, 6) is 0.00810. The number of hydrogen-bond donors (Lipinski definition) is 1. The van der Waals surface area contributed by atoms with E-state index in [9.17, 15) is 9.59 Å². The molecule has 0 bridgehead atoms. The van der Waals surface area contributed by atoms with E-state index in [1.807, 2.05) is 107 Å². The van der Waals surface area contributed by atoms with Gasteiger partial charge in [-0.2, -0.15) is 4.68 Å². The van der Waals surface area contributed by atoms with Crippen LogP contribution in [0.25, 0.3) is 0 Å². The number of nitrogens with one attached hydrogen (secondary N) is 1. The summed E-state index contributed by atoms with van der Waals surface area (Å²) < 4.78 is 23.8. The van der Waals surface area contributed by atoms with Crippen molar-refractivity contribution in [2.75, 3.05) is 19.0 Å². The summed E-state index contributed by atoms with van der Waals surface area (Å²) in [6.07, 6.45) is 1.44. The molecule has 2 heterocycles. The van der Waals surface area contributed by atoms with Gasteiger partial charge < -0.3 is 24.1 Å². The van der Waals surface area contributed by atoms with Crippen molar-refractivity contribution in [1.82, 2.24) is 9.78 Å². The number of anilines is 1. The fourth-order valence-corrected chi connectivity index (χ4v) is 4.50. The van der Waals surface area contributed by atoms with Gasteiger partial charge in [0, 0.05) is 25.7 Å². The SMILES string of the molecule is CC.CC(C)C(C(=O)Nc1cc(C2CC2)n(C(=O)OC(C)(C)C)n1)c1cccc(B2OC(C)(C)C(C)(C)O2)c1.CCOC. The molecule has 4 rings (SSSR count). The lowest BCUT2D eigenvalue weighted by molar-refractivity contribution is -0.118. The van der Waals surface area contributed by atoms with E-state index in [1.165, 1.54) is 4.68 Å². The third kappa shape index (κ3) is 9.65. The predicted molar refractivity (Wildman–Crippen MR) is 173 cm³/mol. The van der Waals surface area contributed by atoms with Crippen LogP contribution in [0, 0.1) is 5.92 Å². The number of methoxy groups -OCH3 is 1. The third-order valence-electron chi connectivity index (χ3n) is 7.58. The summed E-state index contributed by atoms with van der Waals surface area (Å²) in [4.78, 5) is 26.3. The first kappa shape index (κ1) is 36.5. The summed E-state index contributed by atoms with van der Waals surface area (Å²) in [5.41, 5.74) is 0.976. The summed E-state index contributed by atoms with van der Waals surface area (Å²) >= 11 is 0. The predicted octanol–water partition coefficient (Wildman–Crippen LogP) is 6.90. The van der Waals surface area contributed by atoms with Gasteiger partial charge in [-0.3, -0.25) is 4.79 Å². The standard InChI is InChI=1S/C28H40BN3O5.C3H8O.C2H6/c1-17(2)23(19-11-10-12-20(15-19)29-36-27(6,7)28(8,9)37-29)24(33)30-22-16-21(18-13-14-18)32(31-22)25(34)35-26(3,4)5;1-3-4-2;1-2/h10-12,15-18,23H,13-14H2,1-9H3,(H,30,31,33);3H2,1-2H3;1-2H3. The Morgan fingerprint density at radius 2 is 1.65 bits per heavy atom. The molecular weight excluding hydrogens is 545 g/mol. The van der Waals surface area contributed by atoms with Crippen LogP contribution < -0.4 is 10.8 Å². The van der Waals surface area contributed by atoms with Crippen LogP contribution in [-0.2, 0) is 23.6 Å². The summed E-state index contributed by atoms with van der Waals surface area (Å²) in [5, 5.41) is 7.37. The molecule has 2 fully saturated rings. The van der Waals surface area contributed by atoms with Crippen LogP contribution in [0.5, 0.6) is 0 Å². The number of ether oxygens (including phenoxy) is 2. The van der Waals surface area contributed by atoms with Crippen molar-refractivity contribution < 1.29 is 28.4 Å². The summed E-state index contributed by atoms with van der Waals surface area (Å²) in [7, 11) is 1.17. The van der Waals surface area contributed by atoms with Gasteiger partial charge >= 0.3 is 13.2 Å². The molecule has 0 spiro atoms. The van der Waals surface area contributed by atoms with Crippen molar-refractivity contribution >= 4 is 30.4 Å². The Morgan fingerprint density at radius 1 is 1.09 bits per heavy atom. The molecule has 1 saturated carbocycles. The van der Waals surface area contributed by atoms with Crippen molar-refractivity contribution in [3.63, 3.8) is 0 Å². The van der Waals surface area contributed by atoms with Gasteiger partial charge in [0.2, 0.25) is 5.91 Å². The molecular formula is C33H54BN3O6. The Bertz CT molecular complexity index is 1200. The van der Waals surface area contributed by atoms with Gasteiger partial charge in [0.1, 0.15) is 5.60 Å². The fourth-order valence-electron chi connectivity index (χ4n) is 4.50. The van der Waals surface area contributed by atoms with E-state index in [2.05, 4.69) is 15.2 Å². The molecule has 1 aromatic heterocycles. The molecule has 1 aromatic carbocycles. The number of carbonyl (C=O) groups is 2. The van der Waals surface area contributed by atoms with E-state index in [0.29, 0.717) is 5.82 Å². The average molecular weight is 600 g/mol. The maximum absolute atomic E-state index is 13.6. The van der Waals surface area contributed by atoms with Gasteiger partial charge in [-0.15, -0.1) is 5.10 Å². The Morgan fingerprint density at radius 3 is 2.12 bits per heavy atom. The molecule has 1 amide bonds. The molecule has 1 saturated heterocycles. The van der Waals surface area contributed by atoms with Gasteiger partial charge in [0.05, 0.1) is 22.8 Å². The molecule has 240 valence electrons. The molecule has 0 radical (unpaired) electrons. The molecule has 2 aliphatic rings. The van der Waals surface area contributed by atoms with E-state index in [0.717, 1.165) is 36.2 Å². The van der Waals surface area contributed by atoms with Crippen LogP contribution in [0.4, 0.5) is 10.6 Å². The van der Waals surface area contributed by atoms with Gasteiger partial charge in [-0.1, -0.05) is 52.0 Å². The first-order valence-electron chi connectivity index (χ1n) is 15.6. The number of nitrogens with zero attached hydrogens (tertiary/aromatic N) is 2. The van der Waals surface area contributed by atoms with Crippen LogP contribution in [-0.4, -0.2) is 59.4 Å². The third-order valence-corrected chi connectivity index (χ3v) is 7.58. The van der Waals surface area contributed by atoms with Gasteiger partial charge in [0.25, 0.3) is 0 Å². The zero-order valence-electron chi connectivity index (χ0n) is 28.7. The Hall–Kier alpha value is -2.69. The van der Waals surface area contributed by atoms with Gasteiger partial charge in [0.15, 0.2) is 5.82 Å². The zero-order valence-corrected chi connectivity index (χ0v) is 28.7. The smallest absolute Gasteiger partial charge is 0.442 e. The molecule has 1 aliphatic carbocycles. The maximum atomic E-state index is 13.6. The van der Waals surface area contributed by atoms with Crippen LogP contribution in [0.15, 0.2) is 30.3 Å². The number of benzene rings is 1. The minimum absolute atomic E-state index is 0.0180. The second-order valence-corrected chi connectivity index (χ2v) is 13.2. The highest BCUT2D eigenvalue weighted by Crippen LogP contribution is 2.41. The minimum atomic E-state index is -0.641. The highest BCUT2D eigenvalue weighted by Gasteiger charge is 2.51. The summed E-state index contributed by atoms with van der Waals surface area (Å²) in [6.45, 7) is 24.3. The average Bonchev–Trinajstić information content (AvgIpc) is 3.63. The normalized spacial score (nSPS) is 17.8. The van der Waals surface area contributed by atoms with Crippen molar-refractivity contribution in [3.05, 3.63) is 41.6 Å².